The van der Waals surface area contributed by atoms with Crippen molar-refractivity contribution in [1.82, 2.24) is 0 Å². The number of ketones is 1. The third-order valence-corrected chi connectivity index (χ3v) is 2.80. The molecule has 0 aliphatic heterocycles. The normalized spacial score (nSPS) is 10.0. The highest BCUT2D eigenvalue weighted by atomic mass is 16.5. The Labute approximate surface area is 111 Å². The van der Waals surface area contributed by atoms with E-state index in [4.69, 9.17) is 15.2 Å². The lowest BCUT2D eigenvalue weighted by Gasteiger charge is -2.10. The van der Waals surface area contributed by atoms with Crippen LogP contribution in [0.15, 0.2) is 42.5 Å². The van der Waals surface area contributed by atoms with Gasteiger partial charge >= 0.3 is 0 Å². The molecular formula is C15H15NO3. The summed E-state index contributed by atoms with van der Waals surface area (Å²) in [6, 6.07) is 11.9. The van der Waals surface area contributed by atoms with Gasteiger partial charge in [0.05, 0.1) is 19.8 Å². The molecule has 2 aromatic rings. The largest absolute Gasteiger partial charge is 0.497 e. The Morgan fingerprint density at radius 3 is 2.47 bits per heavy atom. The molecule has 0 bridgehead atoms. The number of nitrogen functional groups attached to an aromatic ring is 1. The van der Waals surface area contributed by atoms with Gasteiger partial charge in [-0.15, -0.1) is 0 Å². The first-order valence-electron chi connectivity index (χ1n) is 5.78. The third kappa shape index (κ3) is 2.68. The summed E-state index contributed by atoms with van der Waals surface area (Å²) in [5.41, 5.74) is 7.21. The van der Waals surface area contributed by atoms with Gasteiger partial charge in [0.1, 0.15) is 11.5 Å². The van der Waals surface area contributed by atoms with E-state index in [1.54, 1.807) is 49.6 Å². The molecule has 0 amide bonds. The maximum Gasteiger partial charge on any atom is 0.196 e. The van der Waals surface area contributed by atoms with E-state index in [0.29, 0.717) is 28.3 Å². The fraction of sp³-hybridized carbons (Fsp3) is 0.133. The molecular weight excluding hydrogens is 242 g/mol. The van der Waals surface area contributed by atoms with Crippen LogP contribution in [0.4, 0.5) is 5.69 Å². The number of carbonyl (C=O) groups excluding carboxylic acids is 1. The molecule has 2 N–H and O–H groups in total. The molecule has 0 spiro atoms. The minimum Gasteiger partial charge on any atom is -0.497 e. The molecule has 0 saturated carbocycles. The highest BCUT2D eigenvalue weighted by molar-refractivity contribution is 6.11. The first-order valence-corrected chi connectivity index (χ1v) is 5.78. The van der Waals surface area contributed by atoms with Crippen LogP contribution >= 0.6 is 0 Å². The molecule has 4 heteroatoms. The van der Waals surface area contributed by atoms with Gasteiger partial charge in [-0.25, -0.2) is 0 Å². The quantitative estimate of drug-likeness (QED) is 0.675. The molecule has 0 aliphatic rings. The van der Waals surface area contributed by atoms with Gasteiger partial charge in [-0.1, -0.05) is 12.1 Å². The van der Waals surface area contributed by atoms with Crippen LogP contribution in [0.3, 0.4) is 0 Å². The summed E-state index contributed by atoms with van der Waals surface area (Å²) in [6.45, 7) is 0. The van der Waals surface area contributed by atoms with Crippen LogP contribution in [0.2, 0.25) is 0 Å². The number of ether oxygens (including phenoxy) is 2. The van der Waals surface area contributed by atoms with Crippen molar-refractivity contribution in [3.8, 4) is 11.5 Å². The fourth-order valence-electron chi connectivity index (χ4n) is 1.83. The summed E-state index contributed by atoms with van der Waals surface area (Å²) in [7, 11) is 3.08. The van der Waals surface area contributed by atoms with Crippen molar-refractivity contribution in [2.45, 2.75) is 0 Å². The van der Waals surface area contributed by atoms with E-state index in [0.717, 1.165) is 0 Å². The third-order valence-electron chi connectivity index (χ3n) is 2.80. The number of carbonyl (C=O) groups is 1. The first kappa shape index (κ1) is 13.0. The zero-order valence-electron chi connectivity index (χ0n) is 10.8. The van der Waals surface area contributed by atoms with Gasteiger partial charge in [0.15, 0.2) is 5.78 Å². The monoisotopic (exact) mass is 257 g/mol. The van der Waals surface area contributed by atoms with E-state index in [1.807, 2.05) is 0 Å². The smallest absolute Gasteiger partial charge is 0.196 e. The van der Waals surface area contributed by atoms with Gasteiger partial charge in [-0.3, -0.25) is 4.79 Å². The Balaban J connectivity index is 2.48. The van der Waals surface area contributed by atoms with Crippen molar-refractivity contribution in [3.05, 3.63) is 53.6 Å². The zero-order valence-corrected chi connectivity index (χ0v) is 10.8. The molecule has 19 heavy (non-hydrogen) atoms. The SMILES string of the molecule is COc1ccc(OC)c(C(=O)c2cccc(N)c2)c1. The average Bonchev–Trinajstić information content (AvgIpc) is 2.45. The number of benzene rings is 2. The van der Waals surface area contributed by atoms with Crippen LogP contribution in [0.1, 0.15) is 15.9 Å². The van der Waals surface area contributed by atoms with Gasteiger partial charge in [-0.2, -0.15) is 0 Å². The van der Waals surface area contributed by atoms with Crippen molar-refractivity contribution in [1.29, 1.82) is 0 Å². The van der Waals surface area contributed by atoms with Gasteiger partial charge in [0, 0.05) is 11.3 Å². The molecule has 98 valence electrons. The van der Waals surface area contributed by atoms with Gasteiger partial charge < -0.3 is 15.2 Å². The standard InChI is InChI=1S/C15H15NO3/c1-18-12-6-7-14(19-2)13(9-12)15(17)10-4-3-5-11(16)8-10/h3-9H,16H2,1-2H3. The Morgan fingerprint density at radius 1 is 1.05 bits per heavy atom. The van der Waals surface area contributed by atoms with E-state index < -0.39 is 0 Å². The summed E-state index contributed by atoms with van der Waals surface area (Å²) >= 11 is 0. The van der Waals surface area contributed by atoms with Crippen LogP contribution < -0.4 is 15.2 Å². The van der Waals surface area contributed by atoms with Crippen molar-refractivity contribution >= 4 is 11.5 Å². The second-order valence-electron chi connectivity index (χ2n) is 4.02. The predicted molar refractivity (Wildman–Crippen MR) is 73.8 cm³/mol. The number of methoxy groups -OCH3 is 2. The molecule has 0 unspecified atom stereocenters. The fourth-order valence-corrected chi connectivity index (χ4v) is 1.83. The highest BCUT2D eigenvalue weighted by Gasteiger charge is 2.15. The number of hydrogen-bond acceptors (Lipinski definition) is 4. The lowest BCUT2D eigenvalue weighted by Crippen LogP contribution is -2.05. The predicted octanol–water partition coefficient (Wildman–Crippen LogP) is 2.52. The maximum absolute atomic E-state index is 12.5. The molecule has 2 rings (SSSR count). The zero-order chi connectivity index (χ0) is 13.8. The van der Waals surface area contributed by atoms with Crippen molar-refractivity contribution < 1.29 is 14.3 Å². The average molecular weight is 257 g/mol. The second kappa shape index (κ2) is 5.44. The topological polar surface area (TPSA) is 61.5 Å². The molecule has 0 heterocycles. The summed E-state index contributed by atoms with van der Waals surface area (Å²) < 4.78 is 10.3. The summed E-state index contributed by atoms with van der Waals surface area (Å²) in [5.74, 6) is 0.962. The van der Waals surface area contributed by atoms with Crippen LogP contribution in [0.25, 0.3) is 0 Å². The molecule has 0 atom stereocenters. The minimum absolute atomic E-state index is 0.150. The Bertz CT molecular complexity index is 608. The Kier molecular flexibility index (Phi) is 3.71. The van der Waals surface area contributed by atoms with E-state index in [-0.39, 0.29) is 5.78 Å². The van der Waals surface area contributed by atoms with E-state index in [9.17, 15) is 4.79 Å². The number of nitrogens with two attached hydrogens (primary N) is 1. The lowest BCUT2D eigenvalue weighted by atomic mass is 10.0. The first-order chi connectivity index (χ1) is 9.15. The van der Waals surface area contributed by atoms with Crippen LogP contribution in [0, 0.1) is 0 Å². The minimum atomic E-state index is -0.150. The molecule has 0 fully saturated rings. The Morgan fingerprint density at radius 2 is 1.84 bits per heavy atom. The molecule has 0 aromatic heterocycles. The van der Waals surface area contributed by atoms with Crippen molar-refractivity contribution in [3.63, 3.8) is 0 Å². The maximum atomic E-state index is 12.5. The van der Waals surface area contributed by atoms with E-state index >= 15 is 0 Å². The summed E-state index contributed by atoms with van der Waals surface area (Å²) in [4.78, 5) is 12.5. The van der Waals surface area contributed by atoms with Crippen molar-refractivity contribution in [2.24, 2.45) is 0 Å². The Hall–Kier alpha value is -2.49. The van der Waals surface area contributed by atoms with Crippen LogP contribution in [0.5, 0.6) is 11.5 Å². The molecule has 4 nitrogen and oxygen atoms in total. The molecule has 2 aromatic carbocycles. The van der Waals surface area contributed by atoms with Gasteiger partial charge in [-0.05, 0) is 30.3 Å². The highest BCUT2D eigenvalue weighted by Crippen LogP contribution is 2.26. The molecule has 0 saturated heterocycles. The number of anilines is 1. The lowest BCUT2D eigenvalue weighted by molar-refractivity contribution is 0.103. The van der Waals surface area contributed by atoms with E-state index in [2.05, 4.69) is 0 Å². The van der Waals surface area contributed by atoms with Crippen LogP contribution in [-0.4, -0.2) is 20.0 Å². The number of rotatable bonds is 4. The summed E-state index contributed by atoms with van der Waals surface area (Å²) in [6.07, 6.45) is 0. The molecule has 0 radical (unpaired) electrons. The number of hydrogen-bond donors (Lipinski definition) is 1. The van der Waals surface area contributed by atoms with Gasteiger partial charge in [0.25, 0.3) is 0 Å². The second-order valence-corrected chi connectivity index (χ2v) is 4.02. The van der Waals surface area contributed by atoms with Gasteiger partial charge in [0.2, 0.25) is 0 Å². The van der Waals surface area contributed by atoms with E-state index in [1.165, 1.54) is 7.11 Å². The van der Waals surface area contributed by atoms with Crippen LogP contribution in [-0.2, 0) is 0 Å². The van der Waals surface area contributed by atoms with Crippen molar-refractivity contribution in [2.75, 3.05) is 20.0 Å². The summed E-state index contributed by atoms with van der Waals surface area (Å²) in [5, 5.41) is 0. The molecule has 0 aliphatic carbocycles.